The number of ether oxygens (including phenoxy) is 1. The molecular weight excluding hydrogens is 659 g/mol. The fourth-order valence-electron chi connectivity index (χ4n) is 4.51. The summed E-state index contributed by atoms with van der Waals surface area (Å²) in [6, 6.07) is 22.5. The first-order chi connectivity index (χ1) is 18.2. The number of rotatable bonds is 5. The molecule has 190 valence electrons. The Morgan fingerprint density at radius 1 is 0.947 bits per heavy atom. The fourth-order valence-corrected chi connectivity index (χ4v) is 6.28. The average Bonchev–Trinajstić information content (AvgIpc) is 2.85. The van der Waals surface area contributed by atoms with Crippen LogP contribution in [0.4, 0.5) is 10.5 Å². The van der Waals surface area contributed by atoms with Crippen LogP contribution in [0.25, 0.3) is 16.8 Å². The summed E-state index contributed by atoms with van der Waals surface area (Å²) in [6.45, 7) is 4.15. The second-order valence-electron chi connectivity index (χ2n) is 9.04. The number of barbiturate groups is 1. The number of amides is 4. The van der Waals surface area contributed by atoms with Crippen molar-refractivity contribution in [1.82, 2.24) is 5.32 Å². The van der Waals surface area contributed by atoms with Crippen LogP contribution in [0.1, 0.15) is 22.3 Å². The SMILES string of the molecule is Cc1cc(C)cc(N2C(=O)NC(=O)/C(=C\c3cc(Br)c(OCc4cccc5ccccc45)c(I)c3)C2=O)c1. The van der Waals surface area contributed by atoms with E-state index >= 15 is 0 Å². The van der Waals surface area contributed by atoms with Crippen molar-refractivity contribution in [3.05, 3.63) is 109 Å². The Labute approximate surface area is 241 Å². The number of aryl methyl sites for hydroxylation is 2. The molecule has 0 aliphatic carbocycles. The molecule has 4 aromatic rings. The Balaban J connectivity index is 1.43. The van der Waals surface area contributed by atoms with Crippen LogP contribution in [-0.2, 0) is 16.2 Å². The number of urea groups is 1. The average molecular weight is 681 g/mol. The van der Waals surface area contributed by atoms with Gasteiger partial charge in [0.1, 0.15) is 17.9 Å². The van der Waals surface area contributed by atoms with Crippen LogP contribution in [-0.4, -0.2) is 17.8 Å². The van der Waals surface area contributed by atoms with E-state index in [0.717, 1.165) is 35.9 Å². The van der Waals surface area contributed by atoms with Gasteiger partial charge in [0.05, 0.1) is 13.7 Å². The number of nitrogens with one attached hydrogen (secondary N) is 1. The number of carbonyl (C=O) groups excluding carboxylic acids is 3. The molecule has 0 saturated carbocycles. The minimum atomic E-state index is -0.768. The molecule has 0 bridgehead atoms. The Morgan fingerprint density at radius 3 is 2.39 bits per heavy atom. The molecule has 8 heteroatoms. The second-order valence-corrected chi connectivity index (χ2v) is 11.1. The topological polar surface area (TPSA) is 75.7 Å². The highest BCUT2D eigenvalue weighted by atomic mass is 127. The fraction of sp³-hybridized carbons (Fsp3) is 0.100. The zero-order chi connectivity index (χ0) is 27.0. The van der Waals surface area contributed by atoms with Gasteiger partial charge in [0.15, 0.2) is 0 Å². The van der Waals surface area contributed by atoms with Crippen LogP contribution in [0.2, 0.25) is 0 Å². The first kappa shape index (κ1) is 26.1. The highest BCUT2D eigenvalue weighted by Crippen LogP contribution is 2.34. The van der Waals surface area contributed by atoms with Crippen LogP contribution in [0.5, 0.6) is 5.75 Å². The normalized spacial score (nSPS) is 14.8. The van der Waals surface area contributed by atoms with Crippen molar-refractivity contribution in [3.8, 4) is 5.75 Å². The number of anilines is 1. The monoisotopic (exact) mass is 680 g/mol. The van der Waals surface area contributed by atoms with E-state index in [9.17, 15) is 14.4 Å². The molecule has 0 aromatic heterocycles. The van der Waals surface area contributed by atoms with E-state index in [0.29, 0.717) is 28.1 Å². The van der Waals surface area contributed by atoms with Crippen LogP contribution in [0, 0.1) is 17.4 Å². The van der Waals surface area contributed by atoms with Crippen molar-refractivity contribution in [2.45, 2.75) is 20.5 Å². The number of hydrogen-bond donors (Lipinski definition) is 1. The first-order valence-electron chi connectivity index (χ1n) is 11.8. The zero-order valence-corrected chi connectivity index (χ0v) is 24.3. The summed E-state index contributed by atoms with van der Waals surface area (Å²) >= 11 is 5.75. The van der Waals surface area contributed by atoms with E-state index < -0.39 is 17.8 Å². The number of imide groups is 2. The van der Waals surface area contributed by atoms with Gasteiger partial charge in [-0.3, -0.25) is 14.9 Å². The predicted molar refractivity (Wildman–Crippen MR) is 160 cm³/mol. The van der Waals surface area contributed by atoms with E-state index in [4.69, 9.17) is 4.74 Å². The molecule has 1 N–H and O–H groups in total. The summed E-state index contributed by atoms with van der Waals surface area (Å²) in [6.07, 6.45) is 1.49. The molecule has 38 heavy (non-hydrogen) atoms. The first-order valence-corrected chi connectivity index (χ1v) is 13.7. The molecule has 1 aliphatic heterocycles. The number of nitrogens with zero attached hydrogens (tertiary/aromatic N) is 1. The number of fused-ring (bicyclic) bond motifs is 1. The van der Waals surface area contributed by atoms with Gasteiger partial charge in [0, 0.05) is 0 Å². The summed E-state index contributed by atoms with van der Waals surface area (Å²) in [5, 5.41) is 4.56. The molecule has 0 spiro atoms. The maximum absolute atomic E-state index is 13.3. The minimum Gasteiger partial charge on any atom is -0.487 e. The van der Waals surface area contributed by atoms with Gasteiger partial charge in [-0.15, -0.1) is 0 Å². The number of benzene rings is 4. The van der Waals surface area contributed by atoms with Gasteiger partial charge in [-0.1, -0.05) is 48.5 Å². The van der Waals surface area contributed by atoms with E-state index in [1.165, 1.54) is 6.08 Å². The summed E-state index contributed by atoms with van der Waals surface area (Å²) in [7, 11) is 0. The molecule has 1 saturated heterocycles. The summed E-state index contributed by atoms with van der Waals surface area (Å²) in [4.78, 5) is 39.5. The predicted octanol–water partition coefficient (Wildman–Crippen LogP) is 7.07. The third-order valence-electron chi connectivity index (χ3n) is 6.15. The molecule has 4 aromatic carbocycles. The Kier molecular flexibility index (Phi) is 7.36. The van der Waals surface area contributed by atoms with Crippen molar-refractivity contribution in [3.63, 3.8) is 0 Å². The maximum atomic E-state index is 13.3. The van der Waals surface area contributed by atoms with E-state index in [1.807, 2.05) is 50.2 Å². The molecule has 1 fully saturated rings. The van der Waals surface area contributed by atoms with Crippen molar-refractivity contribution in [1.29, 1.82) is 0 Å². The van der Waals surface area contributed by atoms with E-state index in [1.54, 1.807) is 18.2 Å². The van der Waals surface area contributed by atoms with Gasteiger partial charge in [-0.05, 0) is 116 Å². The quantitative estimate of drug-likeness (QED) is 0.139. The van der Waals surface area contributed by atoms with E-state index in [-0.39, 0.29) is 5.57 Å². The summed E-state index contributed by atoms with van der Waals surface area (Å²) in [5.74, 6) is -0.749. The lowest BCUT2D eigenvalue weighted by Gasteiger charge is -2.27. The Bertz CT molecular complexity index is 1620. The van der Waals surface area contributed by atoms with Crippen molar-refractivity contribution >= 4 is 78.9 Å². The van der Waals surface area contributed by atoms with Crippen molar-refractivity contribution in [2.75, 3.05) is 4.90 Å². The van der Waals surface area contributed by atoms with Gasteiger partial charge in [-0.2, -0.15) is 0 Å². The third kappa shape index (κ3) is 5.23. The lowest BCUT2D eigenvalue weighted by atomic mass is 10.0. The number of halogens is 2. The highest BCUT2D eigenvalue weighted by Gasteiger charge is 2.37. The van der Waals surface area contributed by atoms with Gasteiger partial charge < -0.3 is 4.74 Å². The molecule has 0 atom stereocenters. The molecular formula is C30H22BrIN2O4. The summed E-state index contributed by atoms with van der Waals surface area (Å²) < 4.78 is 7.67. The molecule has 1 aliphatic rings. The largest absolute Gasteiger partial charge is 0.487 e. The van der Waals surface area contributed by atoms with Crippen LogP contribution in [0.15, 0.2) is 82.8 Å². The molecule has 6 nitrogen and oxygen atoms in total. The smallest absolute Gasteiger partial charge is 0.335 e. The molecule has 0 unspecified atom stereocenters. The molecule has 5 rings (SSSR count). The van der Waals surface area contributed by atoms with Gasteiger partial charge in [0.2, 0.25) is 0 Å². The van der Waals surface area contributed by atoms with Crippen molar-refractivity contribution in [2.24, 2.45) is 0 Å². The van der Waals surface area contributed by atoms with Gasteiger partial charge in [-0.25, -0.2) is 9.69 Å². The van der Waals surface area contributed by atoms with Crippen LogP contribution < -0.4 is 15.0 Å². The van der Waals surface area contributed by atoms with Crippen LogP contribution >= 0.6 is 38.5 Å². The Hall–Kier alpha value is -3.50. The minimum absolute atomic E-state index is 0.129. The lowest BCUT2D eigenvalue weighted by Crippen LogP contribution is -2.54. The van der Waals surface area contributed by atoms with Crippen LogP contribution in [0.3, 0.4) is 0 Å². The third-order valence-corrected chi connectivity index (χ3v) is 7.54. The van der Waals surface area contributed by atoms with Gasteiger partial charge in [0.25, 0.3) is 11.8 Å². The lowest BCUT2D eigenvalue weighted by molar-refractivity contribution is -0.122. The Morgan fingerprint density at radius 2 is 1.66 bits per heavy atom. The standard InChI is InChI=1S/C30H22BrIN2O4/c1-17-10-18(2)12-22(11-17)34-29(36)24(28(35)33-30(34)37)13-19-14-25(31)27(26(32)15-19)38-16-21-8-5-7-20-6-3-4-9-23(20)21/h3-15H,16H2,1-2H3,(H,33,35,37)/b24-13+. The molecule has 4 amide bonds. The zero-order valence-electron chi connectivity index (χ0n) is 20.5. The number of carbonyl (C=O) groups is 3. The maximum Gasteiger partial charge on any atom is 0.335 e. The van der Waals surface area contributed by atoms with Crippen molar-refractivity contribution < 1.29 is 19.1 Å². The molecule has 0 radical (unpaired) electrons. The molecule has 1 heterocycles. The number of hydrogen-bond acceptors (Lipinski definition) is 4. The van der Waals surface area contributed by atoms with Gasteiger partial charge >= 0.3 is 6.03 Å². The highest BCUT2D eigenvalue weighted by molar-refractivity contribution is 14.1. The summed E-state index contributed by atoms with van der Waals surface area (Å²) in [5.41, 5.74) is 3.78. The second kappa shape index (κ2) is 10.7. The van der Waals surface area contributed by atoms with E-state index in [2.05, 4.69) is 62.0 Å².